The number of benzene rings is 3. The van der Waals surface area contributed by atoms with Crippen molar-refractivity contribution in [3.63, 3.8) is 0 Å². The Bertz CT molecular complexity index is 1410. The number of aliphatic carboxylic acids is 1. The maximum atomic E-state index is 13.4. The molecule has 2 amide bonds. The summed E-state index contributed by atoms with van der Waals surface area (Å²) in [5.74, 6) is -1.04. The van der Waals surface area contributed by atoms with Gasteiger partial charge in [-0.05, 0) is 65.3 Å². The van der Waals surface area contributed by atoms with Crippen molar-refractivity contribution in [1.29, 1.82) is 0 Å². The lowest BCUT2D eigenvalue weighted by atomic mass is 10.00. The maximum absolute atomic E-state index is 13.4. The molecular formula is C35H43N3O5. The average molecular weight is 586 g/mol. The van der Waals surface area contributed by atoms with Crippen molar-refractivity contribution >= 4 is 23.5 Å². The number of hydrogen-bond acceptors (Lipinski definition) is 5. The van der Waals surface area contributed by atoms with Crippen molar-refractivity contribution in [3.8, 4) is 16.9 Å². The zero-order valence-electron chi connectivity index (χ0n) is 25.7. The molecule has 0 saturated heterocycles. The highest BCUT2D eigenvalue weighted by Gasteiger charge is 2.27. The first-order valence-electron chi connectivity index (χ1n) is 15.1. The number of fused-ring (bicyclic) bond motifs is 1. The summed E-state index contributed by atoms with van der Waals surface area (Å²) in [6.45, 7) is 11.6. The fourth-order valence-corrected chi connectivity index (χ4v) is 5.32. The van der Waals surface area contributed by atoms with Gasteiger partial charge < -0.3 is 24.5 Å². The van der Waals surface area contributed by atoms with Crippen molar-refractivity contribution in [3.05, 3.63) is 83.9 Å². The second kappa shape index (κ2) is 14.7. The van der Waals surface area contributed by atoms with E-state index in [1.807, 2.05) is 48.5 Å². The Morgan fingerprint density at radius 1 is 0.791 bits per heavy atom. The highest BCUT2D eigenvalue weighted by molar-refractivity contribution is 6.31. The Balaban J connectivity index is 1.72. The fraction of sp³-hybridized carbons (Fsp3) is 0.400. The van der Waals surface area contributed by atoms with Crippen LogP contribution in [0.1, 0.15) is 50.0 Å². The van der Waals surface area contributed by atoms with E-state index in [-0.39, 0.29) is 25.5 Å². The number of hydrogen-bond donors (Lipinski definition) is 1. The Kier molecular flexibility index (Phi) is 10.8. The highest BCUT2D eigenvalue weighted by Crippen LogP contribution is 2.32. The van der Waals surface area contributed by atoms with Crippen molar-refractivity contribution in [2.75, 3.05) is 44.2 Å². The first kappa shape index (κ1) is 31.6. The van der Waals surface area contributed by atoms with E-state index in [0.717, 1.165) is 41.1 Å². The molecule has 3 aromatic carbocycles. The van der Waals surface area contributed by atoms with Gasteiger partial charge in [0.15, 0.2) is 0 Å². The van der Waals surface area contributed by atoms with Crippen LogP contribution >= 0.6 is 0 Å². The molecule has 43 heavy (non-hydrogen) atoms. The molecule has 0 aromatic heterocycles. The molecule has 4 rings (SSSR count). The van der Waals surface area contributed by atoms with Crippen LogP contribution in [0.2, 0.25) is 0 Å². The summed E-state index contributed by atoms with van der Waals surface area (Å²) >= 11 is 0. The van der Waals surface area contributed by atoms with Gasteiger partial charge in [0.25, 0.3) is 5.91 Å². The third-order valence-corrected chi connectivity index (χ3v) is 7.40. The minimum absolute atomic E-state index is 0.115. The number of anilines is 1. The number of nitrogens with zero attached hydrogens (tertiary/aromatic N) is 3. The van der Waals surface area contributed by atoms with E-state index in [1.54, 1.807) is 17.0 Å². The van der Waals surface area contributed by atoms with E-state index < -0.39 is 11.9 Å². The fourth-order valence-electron chi connectivity index (χ4n) is 5.32. The van der Waals surface area contributed by atoms with Gasteiger partial charge in [-0.25, -0.2) is 4.79 Å². The second-order valence-electron chi connectivity index (χ2n) is 12.0. The van der Waals surface area contributed by atoms with E-state index in [2.05, 4.69) is 44.7 Å². The molecule has 3 aromatic rings. The second-order valence-corrected chi connectivity index (χ2v) is 12.0. The van der Waals surface area contributed by atoms with E-state index in [1.165, 1.54) is 4.90 Å². The third-order valence-electron chi connectivity index (χ3n) is 7.40. The van der Waals surface area contributed by atoms with Crippen LogP contribution in [0.5, 0.6) is 5.75 Å². The van der Waals surface area contributed by atoms with Gasteiger partial charge in [0.2, 0.25) is 0 Å². The maximum Gasteiger partial charge on any atom is 0.394 e. The first-order valence-corrected chi connectivity index (χ1v) is 15.1. The molecular weight excluding hydrogens is 542 g/mol. The lowest BCUT2D eigenvalue weighted by Gasteiger charge is -2.30. The Morgan fingerprint density at radius 3 is 2.21 bits per heavy atom. The average Bonchev–Trinajstić information content (AvgIpc) is 3.03. The molecule has 8 nitrogen and oxygen atoms in total. The molecule has 1 aliphatic rings. The minimum atomic E-state index is -1.51. The zero-order chi connectivity index (χ0) is 30.9. The molecule has 0 atom stereocenters. The predicted molar refractivity (Wildman–Crippen MR) is 169 cm³/mol. The third kappa shape index (κ3) is 8.60. The number of carboxylic acids is 1. The van der Waals surface area contributed by atoms with Gasteiger partial charge in [-0.3, -0.25) is 9.59 Å². The Hall–Kier alpha value is -4.33. The summed E-state index contributed by atoms with van der Waals surface area (Å²) in [7, 11) is 0. The molecule has 0 fully saturated rings. The molecule has 0 spiro atoms. The summed E-state index contributed by atoms with van der Waals surface area (Å²) < 4.78 is 5.98. The molecule has 0 radical (unpaired) electrons. The molecule has 228 valence electrons. The quantitative estimate of drug-likeness (QED) is 0.352. The normalized spacial score (nSPS) is 14.3. The van der Waals surface area contributed by atoms with E-state index in [4.69, 9.17) is 4.74 Å². The lowest BCUT2D eigenvalue weighted by Crippen LogP contribution is -2.43. The Labute approximate surface area is 254 Å². The molecule has 0 saturated carbocycles. The molecule has 8 heteroatoms. The van der Waals surface area contributed by atoms with Crippen LogP contribution in [0, 0.1) is 11.8 Å². The Morgan fingerprint density at radius 2 is 1.51 bits per heavy atom. The standard InChI is InChI=1S/C35H43N3O5/c1-25(2)22-37-17-9-16-36(33(39)27-10-6-5-7-11-27)18-19-38(34(40)35(41)42)23-30-15-14-29(21-32(30)37)28-12-8-13-31(20-28)43-24-26(3)4/h5-8,10-15,20-21,25-26H,9,16-19,22-24H2,1-4H3,(H,41,42). The summed E-state index contributed by atoms with van der Waals surface area (Å²) in [5.41, 5.74) is 4.43. The zero-order valence-corrected chi connectivity index (χ0v) is 25.7. The SMILES string of the molecule is CC(C)COc1cccc(-c2ccc3c(c2)N(CC(C)C)CCCN(C(=O)c2ccccc2)CCN(C(=O)C(=O)O)C3)c1. The molecule has 1 N–H and O–H groups in total. The van der Waals surface area contributed by atoms with Crippen molar-refractivity contribution in [1.82, 2.24) is 9.80 Å². The largest absolute Gasteiger partial charge is 0.493 e. The monoisotopic (exact) mass is 585 g/mol. The van der Waals surface area contributed by atoms with Crippen LogP contribution in [0.15, 0.2) is 72.8 Å². The lowest BCUT2D eigenvalue weighted by molar-refractivity contribution is -0.156. The topological polar surface area (TPSA) is 90.4 Å². The van der Waals surface area contributed by atoms with Crippen molar-refractivity contribution in [2.45, 2.75) is 40.7 Å². The van der Waals surface area contributed by atoms with Gasteiger partial charge in [-0.1, -0.05) is 70.2 Å². The van der Waals surface area contributed by atoms with E-state index >= 15 is 0 Å². The number of rotatable bonds is 7. The molecule has 1 heterocycles. The van der Waals surface area contributed by atoms with Gasteiger partial charge >= 0.3 is 11.9 Å². The van der Waals surface area contributed by atoms with E-state index in [0.29, 0.717) is 37.1 Å². The number of ether oxygens (including phenoxy) is 1. The molecule has 0 unspecified atom stereocenters. The van der Waals surface area contributed by atoms with Crippen molar-refractivity contribution in [2.24, 2.45) is 11.8 Å². The van der Waals surface area contributed by atoms with Crippen LogP contribution < -0.4 is 9.64 Å². The highest BCUT2D eigenvalue weighted by atomic mass is 16.5. The van der Waals surface area contributed by atoms with Gasteiger partial charge in [0, 0.05) is 50.5 Å². The van der Waals surface area contributed by atoms with Gasteiger partial charge in [-0.15, -0.1) is 0 Å². The minimum Gasteiger partial charge on any atom is -0.493 e. The van der Waals surface area contributed by atoms with Crippen LogP contribution in [0.25, 0.3) is 11.1 Å². The number of amides is 2. The number of carboxylic acid groups (broad SMARTS) is 1. The van der Waals surface area contributed by atoms with E-state index in [9.17, 15) is 19.5 Å². The molecule has 0 aliphatic carbocycles. The number of carbonyl (C=O) groups excluding carboxylic acids is 2. The van der Waals surface area contributed by atoms with Crippen LogP contribution in [-0.4, -0.2) is 72.0 Å². The summed E-state index contributed by atoms with van der Waals surface area (Å²) in [6.07, 6.45) is 0.723. The summed E-state index contributed by atoms with van der Waals surface area (Å²) in [5, 5.41) is 9.65. The molecule has 1 aliphatic heterocycles. The number of carbonyl (C=O) groups is 3. The van der Waals surface area contributed by atoms with Crippen LogP contribution in [-0.2, 0) is 16.1 Å². The van der Waals surface area contributed by atoms with Gasteiger partial charge in [0.05, 0.1) is 6.61 Å². The van der Waals surface area contributed by atoms with Gasteiger partial charge in [0.1, 0.15) is 5.75 Å². The van der Waals surface area contributed by atoms with Crippen molar-refractivity contribution < 1.29 is 24.2 Å². The van der Waals surface area contributed by atoms with Gasteiger partial charge in [-0.2, -0.15) is 0 Å². The van der Waals surface area contributed by atoms with Crippen LogP contribution in [0.4, 0.5) is 5.69 Å². The first-order chi connectivity index (χ1) is 20.6. The smallest absolute Gasteiger partial charge is 0.394 e. The summed E-state index contributed by atoms with van der Waals surface area (Å²) in [4.78, 5) is 43.6. The predicted octanol–water partition coefficient (Wildman–Crippen LogP) is 5.81. The molecule has 0 bridgehead atoms. The summed E-state index contributed by atoms with van der Waals surface area (Å²) in [6, 6.07) is 23.2. The van der Waals surface area contributed by atoms with Crippen LogP contribution in [0.3, 0.4) is 0 Å².